The van der Waals surface area contributed by atoms with Gasteiger partial charge in [-0.1, -0.05) is 6.07 Å². The number of benzene rings is 1. The van der Waals surface area contributed by atoms with Crippen molar-refractivity contribution in [3.05, 3.63) is 30.1 Å². The fraction of sp³-hybridized carbons (Fsp3) is 0.500. The number of amides is 2. The monoisotopic (exact) mass is 307 g/mol. The van der Waals surface area contributed by atoms with E-state index in [1.54, 1.807) is 31.1 Å². The van der Waals surface area contributed by atoms with Gasteiger partial charge in [0.15, 0.2) is 0 Å². The molecular formula is C16H22FN3O2. The molecule has 0 radical (unpaired) electrons. The van der Waals surface area contributed by atoms with E-state index in [2.05, 4.69) is 5.32 Å². The van der Waals surface area contributed by atoms with Crippen molar-refractivity contribution in [2.45, 2.75) is 12.8 Å². The molecule has 1 saturated heterocycles. The summed E-state index contributed by atoms with van der Waals surface area (Å²) in [5.41, 5.74) is 0.461. The van der Waals surface area contributed by atoms with Gasteiger partial charge in [0.25, 0.3) is 0 Å². The van der Waals surface area contributed by atoms with Gasteiger partial charge >= 0.3 is 0 Å². The summed E-state index contributed by atoms with van der Waals surface area (Å²) in [7, 11) is 3.53. The molecule has 0 aromatic heterocycles. The number of anilines is 1. The summed E-state index contributed by atoms with van der Waals surface area (Å²) >= 11 is 0. The minimum absolute atomic E-state index is 0.0533. The molecule has 120 valence electrons. The fourth-order valence-electron chi connectivity index (χ4n) is 2.67. The van der Waals surface area contributed by atoms with Crippen molar-refractivity contribution in [2.24, 2.45) is 5.92 Å². The van der Waals surface area contributed by atoms with Crippen LogP contribution in [0.15, 0.2) is 24.3 Å². The second-order valence-electron chi connectivity index (χ2n) is 5.84. The van der Waals surface area contributed by atoms with Crippen LogP contribution in [0, 0.1) is 11.7 Å². The van der Waals surface area contributed by atoms with Crippen molar-refractivity contribution in [3.63, 3.8) is 0 Å². The van der Waals surface area contributed by atoms with Crippen molar-refractivity contribution in [1.29, 1.82) is 0 Å². The Hall–Kier alpha value is -1.95. The Morgan fingerprint density at radius 2 is 2.00 bits per heavy atom. The molecule has 0 aliphatic carbocycles. The topological polar surface area (TPSA) is 52.7 Å². The van der Waals surface area contributed by atoms with Crippen LogP contribution in [0.5, 0.6) is 0 Å². The maximum atomic E-state index is 13.1. The highest BCUT2D eigenvalue weighted by Crippen LogP contribution is 2.19. The van der Waals surface area contributed by atoms with Gasteiger partial charge in [-0.15, -0.1) is 0 Å². The third kappa shape index (κ3) is 4.53. The van der Waals surface area contributed by atoms with Gasteiger partial charge in [0, 0.05) is 25.7 Å². The Balaban J connectivity index is 1.78. The Morgan fingerprint density at radius 1 is 1.32 bits per heavy atom. The van der Waals surface area contributed by atoms with Crippen molar-refractivity contribution in [1.82, 2.24) is 9.80 Å². The molecule has 1 heterocycles. The van der Waals surface area contributed by atoms with Gasteiger partial charge < -0.3 is 10.2 Å². The lowest BCUT2D eigenvalue weighted by Crippen LogP contribution is -2.43. The first-order valence-corrected chi connectivity index (χ1v) is 7.44. The maximum absolute atomic E-state index is 13.1. The standard InChI is InChI=1S/C16H22FN3O2/c1-19(2)16(22)12-6-8-20(9-7-12)11-15(21)18-14-5-3-4-13(17)10-14/h3-5,10,12H,6-9,11H2,1-2H3,(H,18,21). The van der Waals surface area contributed by atoms with Gasteiger partial charge in [-0.2, -0.15) is 0 Å². The van der Waals surface area contributed by atoms with Crippen molar-refractivity contribution >= 4 is 17.5 Å². The Labute approximate surface area is 130 Å². The molecular weight excluding hydrogens is 285 g/mol. The van der Waals surface area contributed by atoms with Crippen LogP contribution in [0.4, 0.5) is 10.1 Å². The first kappa shape index (κ1) is 16.4. The third-order valence-electron chi connectivity index (χ3n) is 3.85. The summed E-state index contributed by atoms with van der Waals surface area (Å²) < 4.78 is 13.1. The zero-order chi connectivity index (χ0) is 16.1. The number of carbonyl (C=O) groups is 2. The van der Waals surface area contributed by atoms with Crippen LogP contribution < -0.4 is 5.32 Å². The molecule has 5 nitrogen and oxygen atoms in total. The molecule has 1 aliphatic rings. The maximum Gasteiger partial charge on any atom is 0.238 e. The first-order chi connectivity index (χ1) is 10.5. The van der Waals surface area contributed by atoms with Crippen LogP contribution in [0.25, 0.3) is 0 Å². The number of nitrogens with zero attached hydrogens (tertiary/aromatic N) is 2. The summed E-state index contributed by atoms with van der Waals surface area (Å²) in [6.45, 7) is 1.71. The van der Waals surface area contributed by atoms with Crippen molar-refractivity contribution < 1.29 is 14.0 Å². The van der Waals surface area contributed by atoms with E-state index in [9.17, 15) is 14.0 Å². The highest BCUT2D eigenvalue weighted by atomic mass is 19.1. The first-order valence-electron chi connectivity index (χ1n) is 7.44. The number of nitrogens with one attached hydrogen (secondary N) is 1. The molecule has 6 heteroatoms. The molecule has 1 N–H and O–H groups in total. The number of hydrogen-bond donors (Lipinski definition) is 1. The lowest BCUT2D eigenvalue weighted by atomic mass is 9.95. The minimum atomic E-state index is -0.374. The quantitative estimate of drug-likeness (QED) is 0.918. The number of halogens is 1. The lowest BCUT2D eigenvalue weighted by Gasteiger charge is -2.31. The smallest absolute Gasteiger partial charge is 0.238 e. The molecule has 0 bridgehead atoms. The van der Waals surface area contributed by atoms with Crippen LogP contribution in [0.2, 0.25) is 0 Å². The zero-order valence-corrected chi connectivity index (χ0v) is 13.0. The van der Waals surface area contributed by atoms with E-state index in [1.165, 1.54) is 12.1 Å². The summed E-state index contributed by atoms with van der Waals surface area (Å²) in [6, 6.07) is 5.84. The van der Waals surface area contributed by atoms with Gasteiger partial charge in [-0.05, 0) is 44.1 Å². The molecule has 1 aromatic carbocycles. The second kappa shape index (κ2) is 7.35. The van der Waals surface area contributed by atoms with E-state index in [-0.39, 0.29) is 30.1 Å². The summed E-state index contributed by atoms with van der Waals surface area (Å²) in [4.78, 5) is 27.5. The molecule has 1 aliphatic heterocycles. The van der Waals surface area contributed by atoms with E-state index in [0.29, 0.717) is 5.69 Å². The molecule has 22 heavy (non-hydrogen) atoms. The molecule has 2 amide bonds. The number of carbonyl (C=O) groups excluding carboxylic acids is 2. The normalized spacial score (nSPS) is 16.3. The highest BCUT2D eigenvalue weighted by molar-refractivity contribution is 5.92. The summed E-state index contributed by atoms with van der Waals surface area (Å²) in [6.07, 6.45) is 1.54. The molecule has 0 unspecified atom stereocenters. The molecule has 1 aromatic rings. The number of piperidine rings is 1. The van der Waals surface area contributed by atoms with Crippen LogP contribution in [0.1, 0.15) is 12.8 Å². The average molecular weight is 307 g/mol. The SMILES string of the molecule is CN(C)C(=O)C1CCN(CC(=O)Nc2cccc(F)c2)CC1. The number of likely N-dealkylation sites (tertiary alicyclic amines) is 1. The van der Waals surface area contributed by atoms with Crippen molar-refractivity contribution in [3.8, 4) is 0 Å². The van der Waals surface area contributed by atoms with E-state index < -0.39 is 0 Å². The van der Waals surface area contributed by atoms with E-state index in [4.69, 9.17) is 0 Å². The van der Waals surface area contributed by atoms with E-state index >= 15 is 0 Å². The molecule has 0 spiro atoms. The third-order valence-corrected chi connectivity index (χ3v) is 3.85. The van der Waals surface area contributed by atoms with Gasteiger partial charge in [0.1, 0.15) is 5.82 Å². The number of hydrogen-bond acceptors (Lipinski definition) is 3. The molecule has 0 saturated carbocycles. The fourth-order valence-corrected chi connectivity index (χ4v) is 2.67. The van der Waals surface area contributed by atoms with Crippen LogP contribution in [0.3, 0.4) is 0 Å². The van der Waals surface area contributed by atoms with Gasteiger partial charge in [-0.25, -0.2) is 4.39 Å². The average Bonchev–Trinajstić information content (AvgIpc) is 2.47. The summed E-state index contributed by atoms with van der Waals surface area (Å²) in [5, 5.41) is 2.69. The Morgan fingerprint density at radius 3 is 2.59 bits per heavy atom. The largest absolute Gasteiger partial charge is 0.349 e. The summed E-state index contributed by atoms with van der Waals surface area (Å²) in [5.74, 6) is -0.329. The molecule has 0 atom stereocenters. The second-order valence-corrected chi connectivity index (χ2v) is 5.84. The number of rotatable bonds is 4. The molecule has 1 fully saturated rings. The predicted molar refractivity (Wildman–Crippen MR) is 82.9 cm³/mol. The zero-order valence-electron chi connectivity index (χ0n) is 13.0. The van der Waals surface area contributed by atoms with Crippen LogP contribution in [-0.2, 0) is 9.59 Å². The Bertz CT molecular complexity index is 540. The van der Waals surface area contributed by atoms with Crippen molar-refractivity contribution in [2.75, 3.05) is 39.0 Å². The predicted octanol–water partition coefficient (Wildman–Crippen LogP) is 1.56. The van der Waals surface area contributed by atoms with Gasteiger partial charge in [0.05, 0.1) is 6.54 Å². The van der Waals surface area contributed by atoms with E-state index in [1.807, 2.05) is 4.90 Å². The van der Waals surface area contributed by atoms with E-state index in [0.717, 1.165) is 25.9 Å². The van der Waals surface area contributed by atoms with Crippen LogP contribution >= 0.6 is 0 Å². The Kier molecular flexibility index (Phi) is 5.49. The van der Waals surface area contributed by atoms with Crippen LogP contribution in [-0.4, -0.2) is 55.3 Å². The lowest BCUT2D eigenvalue weighted by molar-refractivity contribution is -0.134. The van der Waals surface area contributed by atoms with Gasteiger partial charge in [-0.3, -0.25) is 14.5 Å². The highest BCUT2D eigenvalue weighted by Gasteiger charge is 2.26. The van der Waals surface area contributed by atoms with Gasteiger partial charge in [0.2, 0.25) is 11.8 Å². The minimum Gasteiger partial charge on any atom is -0.349 e. The molecule has 2 rings (SSSR count).